The number of hydrogen-bond donors (Lipinski definition) is 2. The van der Waals surface area contributed by atoms with E-state index in [1.807, 2.05) is 0 Å². The van der Waals surface area contributed by atoms with Gasteiger partial charge >= 0.3 is 5.97 Å². The van der Waals surface area contributed by atoms with Gasteiger partial charge in [-0.1, -0.05) is 6.07 Å². The van der Waals surface area contributed by atoms with Gasteiger partial charge in [-0.3, -0.25) is 9.59 Å². The molecule has 1 aromatic rings. The highest BCUT2D eigenvalue weighted by Crippen LogP contribution is 2.26. The molecule has 3 N–H and O–H groups in total. The monoisotopic (exact) mass is 280 g/mol. The molecule has 0 atom stereocenters. The summed E-state index contributed by atoms with van der Waals surface area (Å²) in [6.45, 7) is 5.34. The molecule has 0 unspecified atom stereocenters. The number of phenolic OH excluding ortho intramolecular Hbond substituents is 1. The van der Waals surface area contributed by atoms with Gasteiger partial charge in [0.25, 0.3) is 5.91 Å². The van der Waals surface area contributed by atoms with Crippen LogP contribution in [0.5, 0.6) is 5.75 Å². The highest BCUT2D eigenvalue weighted by atomic mass is 16.5. The number of nitrogens with two attached hydrogens (primary N) is 1. The van der Waals surface area contributed by atoms with Crippen LogP contribution in [-0.4, -0.2) is 41.1 Å². The van der Waals surface area contributed by atoms with Crippen LogP contribution >= 0.6 is 0 Å². The predicted molar refractivity (Wildman–Crippen MR) is 75.3 cm³/mol. The van der Waals surface area contributed by atoms with Gasteiger partial charge in [0.1, 0.15) is 6.54 Å². The van der Waals surface area contributed by atoms with E-state index in [2.05, 4.69) is 0 Å². The fourth-order valence-corrected chi connectivity index (χ4v) is 1.72. The molecule has 0 heterocycles. The third kappa shape index (κ3) is 3.63. The van der Waals surface area contributed by atoms with E-state index in [0.29, 0.717) is 0 Å². The molecule has 20 heavy (non-hydrogen) atoms. The first-order valence-corrected chi connectivity index (χ1v) is 6.42. The molecule has 0 aliphatic carbocycles. The summed E-state index contributed by atoms with van der Waals surface area (Å²) in [6, 6.07) is 4.32. The average molecular weight is 280 g/mol. The number of phenols is 1. The van der Waals surface area contributed by atoms with Gasteiger partial charge in [-0.15, -0.1) is 0 Å². The van der Waals surface area contributed by atoms with E-state index in [9.17, 15) is 14.7 Å². The number of benzene rings is 1. The van der Waals surface area contributed by atoms with Crippen molar-refractivity contribution in [2.24, 2.45) is 0 Å². The minimum absolute atomic E-state index is 0.0722. The Morgan fingerprint density at radius 2 is 2.05 bits per heavy atom. The average Bonchev–Trinajstić information content (AvgIpc) is 2.38. The first-order chi connectivity index (χ1) is 9.38. The Bertz CT molecular complexity index is 500. The zero-order valence-corrected chi connectivity index (χ0v) is 11.9. The lowest BCUT2D eigenvalue weighted by Crippen LogP contribution is -2.41. The van der Waals surface area contributed by atoms with Crippen LogP contribution in [-0.2, 0) is 9.53 Å². The summed E-state index contributed by atoms with van der Waals surface area (Å²) < 4.78 is 4.84. The van der Waals surface area contributed by atoms with E-state index in [0.717, 1.165) is 0 Å². The number of anilines is 1. The lowest BCUT2D eigenvalue weighted by atomic mass is 10.1. The zero-order chi connectivity index (χ0) is 15.3. The molecule has 0 aliphatic rings. The number of carbonyl (C=O) groups is 2. The van der Waals surface area contributed by atoms with Crippen molar-refractivity contribution in [1.82, 2.24) is 4.90 Å². The minimum Gasteiger partial charge on any atom is -0.505 e. The number of hydrogen-bond acceptors (Lipinski definition) is 5. The summed E-state index contributed by atoms with van der Waals surface area (Å²) in [6.07, 6.45) is 0. The molecular formula is C14H20N2O4. The van der Waals surface area contributed by atoms with Gasteiger partial charge in [0.15, 0.2) is 5.75 Å². The van der Waals surface area contributed by atoms with Gasteiger partial charge in [0.2, 0.25) is 0 Å². The molecule has 0 radical (unpaired) electrons. The Balaban J connectivity index is 3.00. The van der Waals surface area contributed by atoms with Crippen LogP contribution in [0.2, 0.25) is 0 Å². The standard InChI is InChI=1S/C14H20N2O4/c1-4-20-12(17)8-16(9(2)3)14(19)10-6-5-7-11(15)13(10)18/h5-7,9,18H,4,8,15H2,1-3H3. The van der Waals surface area contributed by atoms with Crippen molar-refractivity contribution >= 4 is 17.6 Å². The number of para-hydroxylation sites is 1. The van der Waals surface area contributed by atoms with Gasteiger partial charge in [-0.2, -0.15) is 0 Å². The molecule has 0 saturated carbocycles. The first-order valence-electron chi connectivity index (χ1n) is 6.42. The number of nitrogen functional groups attached to an aromatic ring is 1. The van der Waals surface area contributed by atoms with Gasteiger partial charge in [-0.05, 0) is 32.9 Å². The first kappa shape index (κ1) is 15.8. The van der Waals surface area contributed by atoms with Crippen LogP contribution in [0, 0.1) is 0 Å². The maximum atomic E-state index is 12.4. The molecule has 0 saturated heterocycles. The Labute approximate surface area is 118 Å². The number of nitrogens with zero attached hydrogens (tertiary/aromatic N) is 1. The van der Waals surface area contributed by atoms with Crippen molar-refractivity contribution in [2.45, 2.75) is 26.8 Å². The molecule has 0 aromatic heterocycles. The summed E-state index contributed by atoms with van der Waals surface area (Å²) >= 11 is 0. The smallest absolute Gasteiger partial charge is 0.325 e. The van der Waals surface area contributed by atoms with Crippen LogP contribution < -0.4 is 5.73 Å². The minimum atomic E-state index is -0.488. The van der Waals surface area contributed by atoms with E-state index >= 15 is 0 Å². The molecule has 110 valence electrons. The quantitative estimate of drug-likeness (QED) is 0.483. The summed E-state index contributed by atoms with van der Waals surface area (Å²) in [5.74, 6) is -1.22. The van der Waals surface area contributed by atoms with Crippen LogP contribution in [0.15, 0.2) is 18.2 Å². The highest BCUT2D eigenvalue weighted by molar-refractivity contribution is 5.99. The van der Waals surface area contributed by atoms with Gasteiger partial charge in [-0.25, -0.2) is 0 Å². The largest absolute Gasteiger partial charge is 0.505 e. The Morgan fingerprint density at radius 3 is 2.60 bits per heavy atom. The predicted octanol–water partition coefficient (Wildman–Crippen LogP) is 1.39. The van der Waals surface area contributed by atoms with Crippen molar-refractivity contribution in [3.05, 3.63) is 23.8 Å². The van der Waals surface area contributed by atoms with Crippen LogP contribution in [0.3, 0.4) is 0 Å². The topological polar surface area (TPSA) is 92.9 Å². The van der Waals surface area contributed by atoms with Crippen molar-refractivity contribution in [3.8, 4) is 5.75 Å². The van der Waals surface area contributed by atoms with Crippen molar-refractivity contribution < 1.29 is 19.4 Å². The molecule has 6 nitrogen and oxygen atoms in total. The van der Waals surface area contributed by atoms with Crippen LogP contribution in [0.1, 0.15) is 31.1 Å². The van der Waals surface area contributed by atoms with Crippen LogP contribution in [0.25, 0.3) is 0 Å². The van der Waals surface area contributed by atoms with Gasteiger partial charge in [0, 0.05) is 6.04 Å². The van der Waals surface area contributed by atoms with E-state index in [-0.39, 0.29) is 36.2 Å². The molecule has 6 heteroatoms. The Kier molecular flexibility index (Phi) is 5.37. The van der Waals surface area contributed by atoms with Crippen molar-refractivity contribution in [2.75, 3.05) is 18.9 Å². The van der Waals surface area contributed by atoms with Gasteiger partial charge < -0.3 is 20.5 Å². The molecule has 0 spiro atoms. The normalized spacial score (nSPS) is 10.4. The second-order valence-corrected chi connectivity index (χ2v) is 4.58. The summed E-state index contributed by atoms with van der Waals surface area (Å²) in [7, 11) is 0. The Morgan fingerprint density at radius 1 is 1.40 bits per heavy atom. The van der Waals surface area contributed by atoms with Crippen molar-refractivity contribution in [1.29, 1.82) is 0 Å². The molecule has 0 bridgehead atoms. The SMILES string of the molecule is CCOC(=O)CN(C(=O)c1cccc(N)c1O)C(C)C. The summed E-state index contributed by atoms with van der Waals surface area (Å²) in [5.41, 5.74) is 5.76. The van der Waals surface area contributed by atoms with Crippen LogP contribution in [0.4, 0.5) is 5.69 Å². The molecular weight excluding hydrogens is 260 g/mol. The third-order valence-electron chi connectivity index (χ3n) is 2.79. The lowest BCUT2D eigenvalue weighted by Gasteiger charge is -2.26. The number of carbonyl (C=O) groups excluding carboxylic acids is 2. The third-order valence-corrected chi connectivity index (χ3v) is 2.79. The maximum absolute atomic E-state index is 12.4. The fraction of sp³-hybridized carbons (Fsp3) is 0.429. The lowest BCUT2D eigenvalue weighted by molar-refractivity contribution is -0.144. The molecule has 0 fully saturated rings. The molecule has 1 amide bonds. The molecule has 0 aliphatic heterocycles. The van der Waals surface area contributed by atoms with Gasteiger partial charge in [0.05, 0.1) is 17.9 Å². The van der Waals surface area contributed by atoms with E-state index in [1.165, 1.54) is 17.0 Å². The number of amides is 1. The highest BCUT2D eigenvalue weighted by Gasteiger charge is 2.24. The maximum Gasteiger partial charge on any atom is 0.325 e. The van der Waals surface area contributed by atoms with E-state index in [1.54, 1.807) is 26.8 Å². The summed E-state index contributed by atoms with van der Waals surface area (Å²) in [4.78, 5) is 25.3. The molecule has 1 rings (SSSR count). The number of esters is 1. The summed E-state index contributed by atoms with van der Waals surface area (Å²) in [5, 5.41) is 9.85. The fourth-order valence-electron chi connectivity index (χ4n) is 1.72. The van der Waals surface area contributed by atoms with E-state index in [4.69, 9.17) is 10.5 Å². The second-order valence-electron chi connectivity index (χ2n) is 4.58. The number of rotatable bonds is 5. The van der Waals surface area contributed by atoms with E-state index < -0.39 is 11.9 Å². The number of aromatic hydroxyl groups is 1. The molecule has 1 aromatic carbocycles. The Hall–Kier alpha value is -2.24. The van der Waals surface area contributed by atoms with Crippen molar-refractivity contribution in [3.63, 3.8) is 0 Å². The zero-order valence-electron chi connectivity index (χ0n) is 11.9. The number of ether oxygens (including phenoxy) is 1. The second kappa shape index (κ2) is 6.79.